The zero-order valence-corrected chi connectivity index (χ0v) is 12.7. The van der Waals surface area contributed by atoms with Crippen molar-refractivity contribution in [2.75, 3.05) is 11.5 Å². The summed E-state index contributed by atoms with van der Waals surface area (Å²) >= 11 is 0. The molecule has 0 amide bonds. The molecule has 5 nitrogen and oxygen atoms in total. The van der Waals surface area contributed by atoms with Crippen molar-refractivity contribution in [1.82, 2.24) is 0 Å². The molecule has 0 atom stereocenters. The lowest BCUT2D eigenvalue weighted by atomic mass is 10.3. The van der Waals surface area contributed by atoms with Crippen molar-refractivity contribution in [3.05, 3.63) is 24.3 Å². The van der Waals surface area contributed by atoms with Gasteiger partial charge in [-0.1, -0.05) is 0 Å². The van der Waals surface area contributed by atoms with Gasteiger partial charge in [-0.15, -0.1) is 3.77 Å². The van der Waals surface area contributed by atoms with Crippen LogP contribution >= 0.6 is 0 Å². The minimum atomic E-state index is -3.84. The number of rotatable bonds is 4. The van der Waals surface area contributed by atoms with Crippen molar-refractivity contribution >= 4 is 19.8 Å². The summed E-state index contributed by atoms with van der Waals surface area (Å²) < 4.78 is 45.8. The largest absolute Gasteiger partial charge is 0.490 e. The molecule has 110 valence electrons. The van der Waals surface area contributed by atoms with E-state index < -0.39 is 19.8 Å². The maximum absolute atomic E-state index is 12.2. The molecule has 2 fully saturated rings. The van der Waals surface area contributed by atoms with Crippen molar-refractivity contribution in [2.24, 2.45) is 3.77 Å². The van der Waals surface area contributed by atoms with Gasteiger partial charge in [0.05, 0.1) is 20.7 Å². The molecule has 0 spiro atoms. The molecule has 3 rings (SSSR count). The third-order valence-corrected chi connectivity index (χ3v) is 7.95. The van der Waals surface area contributed by atoms with E-state index in [9.17, 15) is 12.6 Å². The van der Waals surface area contributed by atoms with Crippen LogP contribution < -0.4 is 4.74 Å². The molecular formula is C13H17NO4S2. The molecule has 2 aliphatic rings. The highest BCUT2D eigenvalue weighted by Crippen LogP contribution is 2.28. The standard InChI is InChI=1S/C13H17NO4S2/c15-19(9-1-2-10-19)14-20(16,17)13-7-5-12(6-8-13)18-11-3-4-11/h5-8,11H,1-4,9-10H2. The first-order chi connectivity index (χ1) is 9.47. The van der Waals surface area contributed by atoms with Gasteiger partial charge < -0.3 is 4.74 Å². The summed E-state index contributed by atoms with van der Waals surface area (Å²) in [5, 5.41) is 0. The van der Waals surface area contributed by atoms with Gasteiger partial charge in [-0.2, -0.15) is 8.42 Å². The Kier molecular flexibility index (Phi) is 3.50. The summed E-state index contributed by atoms with van der Waals surface area (Å²) in [6.45, 7) is 0. The fraction of sp³-hybridized carbons (Fsp3) is 0.538. The van der Waals surface area contributed by atoms with Crippen LogP contribution in [0.25, 0.3) is 0 Å². The number of benzene rings is 1. The van der Waals surface area contributed by atoms with Gasteiger partial charge in [0, 0.05) is 11.5 Å². The average Bonchev–Trinajstić information content (AvgIpc) is 3.10. The van der Waals surface area contributed by atoms with E-state index in [0.717, 1.165) is 25.7 Å². The van der Waals surface area contributed by atoms with Crippen LogP contribution in [-0.2, 0) is 19.8 Å². The van der Waals surface area contributed by atoms with E-state index in [4.69, 9.17) is 4.74 Å². The van der Waals surface area contributed by atoms with Gasteiger partial charge in [-0.25, -0.2) is 4.21 Å². The zero-order valence-electron chi connectivity index (χ0n) is 11.0. The average molecular weight is 315 g/mol. The van der Waals surface area contributed by atoms with Crippen LogP contribution in [-0.4, -0.2) is 30.2 Å². The van der Waals surface area contributed by atoms with Gasteiger partial charge in [-0.05, 0) is 49.9 Å². The highest BCUT2D eigenvalue weighted by Gasteiger charge is 2.24. The molecule has 1 aromatic rings. The Morgan fingerprint density at radius 3 is 2.25 bits per heavy atom. The Morgan fingerprint density at radius 2 is 1.70 bits per heavy atom. The molecule has 7 heteroatoms. The topological polar surface area (TPSA) is 72.8 Å². The SMILES string of the molecule is O=S(=O)(N=S1(=O)CCCC1)c1ccc(OC2CC2)cc1. The molecule has 1 saturated carbocycles. The maximum Gasteiger partial charge on any atom is 0.290 e. The van der Waals surface area contributed by atoms with E-state index in [1.54, 1.807) is 12.1 Å². The summed E-state index contributed by atoms with van der Waals surface area (Å²) in [4.78, 5) is 0.0790. The van der Waals surface area contributed by atoms with E-state index >= 15 is 0 Å². The van der Waals surface area contributed by atoms with Gasteiger partial charge in [0.15, 0.2) is 0 Å². The molecule has 20 heavy (non-hydrogen) atoms. The smallest absolute Gasteiger partial charge is 0.290 e. The summed E-state index contributed by atoms with van der Waals surface area (Å²) in [6.07, 6.45) is 3.95. The molecule has 1 aliphatic heterocycles. The van der Waals surface area contributed by atoms with Gasteiger partial charge in [0.2, 0.25) is 0 Å². The second-order valence-electron chi connectivity index (χ2n) is 5.23. The minimum Gasteiger partial charge on any atom is -0.490 e. The number of hydrogen-bond acceptors (Lipinski definition) is 4. The Morgan fingerprint density at radius 1 is 1.10 bits per heavy atom. The van der Waals surface area contributed by atoms with Crippen LogP contribution in [0.2, 0.25) is 0 Å². The molecule has 0 radical (unpaired) electrons. The van der Waals surface area contributed by atoms with Crippen LogP contribution in [0.5, 0.6) is 5.75 Å². The maximum atomic E-state index is 12.2. The Hall–Kier alpha value is -1.08. The molecular weight excluding hydrogens is 298 g/mol. The first-order valence-electron chi connectivity index (χ1n) is 6.72. The molecule has 0 aromatic heterocycles. The van der Waals surface area contributed by atoms with E-state index in [1.165, 1.54) is 12.1 Å². The summed E-state index contributed by atoms with van der Waals surface area (Å²) in [5.74, 6) is 1.43. The van der Waals surface area contributed by atoms with Crippen LogP contribution in [0.1, 0.15) is 25.7 Å². The van der Waals surface area contributed by atoms with E-state index in [-0.39, 0.29) is 11.0 Å². The fourth-order valence-electron chi connectivity index (χ4n) is 2.12. The number of nitrogens with zero attached hydrogens (tertiary/aromatic N) is 1. The first kappa shape index (κ1) is 13.9. The molecule has 1 heterocycles. The third-order valence-electron chi connectivity index (χ3n) is 3.36. The predicted octanol–water partition coefficient (Wildman–Crippen LogP) is 2.18. The first-order valence-corrected chi connectivity index (χ1v) is 10.0. The van der Waals surface area contributed by atoms with Crippen LogP contribution in [0.3, 0.4) is 0 Å². The van der Waals surface area contributed by atoms with Gasteiger partial charge in [0.25, 0.3) is 10.0 Å². The van der Waals surface area contributed by atoms with Gasteiger partial charge in [-0.3, -0.25) is 0 Å². The second kappa shape index (κ2) is 5.04. The molecule has 1 aliphatic carbocycles. The number of ether oxygens (including phenoxy) is 1. The fourth-order valence-corrected chi connectivity index (χ4v) is 6.49. The normalized spacial score (nSPS) is 21.6. The minimum absolute atomic E-state index is 0.0790. The molecule has 1 saturated heterocycles. The molecule has 0 N–H and O–H groups in total. The van der Waals surface area contributed by atoms with Crippen LogP contribution in [0, 0.1) is 0 Å². The zero-order chi connectivity index (χ0) is 14.2. The lowest BCUT2D eigenvalue weighted by molar-refractivity contribution is 0.303. The number of sulfonamides is 1. The predicted molar refractivity (Wildman–Crippen MR) is 76.8 cm³/mol. The van der Waals surface area contributed by atoms with Crippen molar-refractivity contribution in [1.29, 1.82) is 0 Å². The summed E-state index contributed by atoms with van der Waals surface area (Å²) in [7, 11) is -6.41. The van der Waals surface area contributed by atoms with E-state index in [2.05, 4.69) is 3.77 Å². The van der Waals surface area contributed by atoms with Gasteiger partial charge >= 0.3 is 0 Å². The second-order valence-corrected chi connectivity index (χ2v) is 9.61. The molecule has 0 bridgehead atoms. The highest BCUT2D eigenvalue weighted by atomic mass is 32.3. The quantitative estimate of drug-likeness (QED) is 0.853. The summed E-state index contributed by atoms with van der Waals surface area (Å²) in [5.41, 5.74) is 0. The lowest BCUT2D eigenvalue weighted by Crippen LogP contribution is -2.07. The Balaban J connectivity index is 1.85. The monoisotopic (exact) mass is 315 g/mol. The highest BCUT2D eigenvalue weighted by molar-refractivity contribution is 8.03. The van der Waals surface area contributed by atoms with Crippen molar-refractivity contribution < 1.29 is 17.4 Å². The van der Waals surface area contributed by atoms with Crippen molar-refractivity contribution in [2.45, 2.75) is 36.7 Å². The summed E-state index contributed by atoms with van der Waals surface area (Å²) in [6, 6.07) is 6.19. The molecule has 0 unspecified atom stereocenters. The lowest BCUT2D eigenvalue weighted by Gasteiger charge is -2.05. The van der Waals surface area contributed by atoms with E-state index in [1.807, 2.05) is 0 Å². The van der Waals surface area contributed by atoms with Crippen molar-refractivity contribution in [3.63, 3.8) is 0 Å². The van der Waals surface area contributed by atoms with Gasteiger partial charge in [0.1, 0.15) is 5.75 Å². The van der Waals surface area contributed by atoms with Crippen LogP contribution in [0.15, 0.2) is 32.9 Å². The third kappa shape index (κ3) is 3.15. The number of hydrogen-bond donors (Lipinski definition) is 0. The van der Waals surface area contributed by atoms with Crippen molar-refractivity contribution in [3.8, 4) is 5.75 Å². The van der Waals surface area contributed by atoms with E-state index in [0.29, 0.717) is 17.3 Å². The Bertz CT molecular complexity index is 699. The molecule has 1 aromatic carbocycles. The Labute approximate surface area is 119 Å². The van der Waals surface area contributed by atoms with Crippen LogP contribution in [0.4, 0.5) is 0 Å².